The molecule has 4 heteroatoms. The van der Waals surface area contributed by atoms with Crippen molar-refractivity contribution in [3.05, 3.63) is 24.3 Å². The molecule has 2 N–H and O–H groups in total. The van der Waals surface area contributed by atoms with Gasteiger partial charge in [0.25, 0.3) is 0 Å². The summed E-state index contributed by atoms with van der Waals surface area (Å²) in [6, 6.07) is 1.88. The Morgan fingerprint density at radius 3 is 2.62 bits per heavy atom. The van der Waals surface area contributed by atoms with E-state index >= 15 is 0 Å². The number of rotatable bonds is 1. The van der Waals surface area contributed by atoms with Crippen LogP contribution in [0.4, 0.5) is 0 Å². The Labute approximate surface area is 95.5 Å². The number of nitrogens with zero attached hydrogens (tertiary/aromatic N) is 3. The third-order valence-corrected chi connectivity index (χ3v) is 2.93. The number of hydrogen-bond donors (Lipinski definition) is 1. The van der Waals surface area contributed by atoms with Crippen LogP contribution >= 0.6 is 0 Å². The monoisotopic (exact) mass is 218 g/mol. The summed E-state index contributed by atoms with van der Waals surface area (Å²) in [5.41, 5.74) is 8.21. The third kappa shape index (κ3) is 1.69. The van der Waals surface area contributed by atoms with Crippen molar-refractivity contribution in [1.29, 1.82) is 0 Å². The Bertz CT molecular complexity index is 507. The zero-order valence-electron chi connectivity index (χ0n) is 10.2. The van der Waals surface area contributed by atoms with Gasteiger partial charge in [-0.05, 0) is 11.5 Å². The van der Waals surface area contributed by atoms with Gasteiger partial charge in [0.05, 0.1) is 17.8 Å². The van der Waals surface area contributed by atoms with Crippen LogP contribution in [0.3, 0.4) is 0 Å². The van der Waals surface area contributed by atoms with E-state index in [1.807, 2.05) is 17.7 Å². The molecule has 0 bridgehead atoms. The fraction of sp³-hybridized carbons (Fsp3) is 0.500. The van der Waals surface area contributed by atoms with E-state index in [2.05, 4.69) is 30.7 Å². The van der Waals surface area contributed by atoms with Crippen LogP contribution in [0.2, 0.25) is 0 Å². The topological polar surface area (TPSA) is 56.7 Å². The molecule has 86 valence electrons. The van der Waals surface area contributed by atoms with E-state index in [4.69, 9.17) is 5.73 Å². The minimum absolute atomic E-state index is 0.00254. The first kappa shape index (κ1) is 11.1. The summed E-state index contributed by atoms with van der Waals surface area (Å²) >= 11 is 0. The van der Waals surface area contributed by atoms with Gasteiger partial charge in [-0.1, -0.05) is 20.8 Å². The fourth-order valence-electron chi connectivity index (χ4n) is 1.74. The minimum atomic E-state index is -0.0788. The molecule has 2 aromatic rings. The highest BCUT2D eigenvalue weighted by Crippen LogP contribution is 2.30. The second-order valence-electron chi connectivity index (χ2n) is 5.24. The van der Waals surface area contributed by atoms with Gasteiger partial charge in [0.1, 0.15) is 11.3 Å². The average molecular weight is 218 g/mol. The van der Waals surface area contributed by atoms with Crippen LogP contribution in [0.25, 0.3) is 11.0 Å². The summed E-state index contributed by atoms with van der Waals surface area (Å²) in [5.74, 6) is 0.913. The zero-order valence-corrected chi connectivity index (χ0v) is 10.2. The molecule has 0 fully saturated rings. The van der Waals surface area contributed by atoms with Crippen LogP contribution in [-0.4, -0.2) is 14.5 Å². The van der Waals surface area contributed by atoms with Gasteiger partial charge in [0.2, 0.25) is 0 Å². The Balaban J connectivity index is 2.58. The summed E-state index contributed by atoms with van der Waals surface area (Å²) in [6.07, 6.45) is 3.55. The van der Waals surface area contributed by atoms with Crippen molar-refractivity contribution in [2.24, 2.45) is 18.2 Å². The third-order valence-electron chi connectivity index (χ3n) is 2.93. The van der Waals surface area contributed by atoms with E-state index in [0.29, 0.717) is 0 Å². The van der Waals surface area contributed by atoms with Crippen molar-refractivity contribution in [2.45, 2.75) is 26.8 Å². The number of fused-ring (bicyclic) bond motifs is 1. The molecule has 0 aromatic carbocycles. The maximum Gasteiger partial charge on any atom is 0.127 e. The molecule has 0 saturated carbocycles. The van der Waals surface area contributed by atoms with Crippen molar-refractivity contribution >= 4 is 11.0 Å². The quantitative estimate of drug-likeness (QED) is 0.796. The summed E-state index contributed by atoms with van der Waals surface area (Å²) in [7, 11) is 2.00. The molecule has 2 aromatic heterocycles. The lowest BCUT2D eigenvalue weighted by atomic mass is 9.87. The normalized spacial score (nSPS) is 14.3. The molecular weight excluding hydrogens is 200 g/mol. The lowest BCUT2D eigenvalue weighted by Crippen LogP contribution is -2.28. The van der Waals surface area contributed by atoms with E-state index in [9.17, 15) is 0 Å². The molecule has 1 unspecified atom stereocenters. The van der Waals surface area contributed by atoms with Crippen LogP contribution in [0.15, 0.2) is 18.5 Å². The van der Waals surface area contributed by atoms with Crippen molar-refractivity contribution in [1.82, 2.24) is 14.5 Å². The highest BCUT2D eigenvalue weighted by molar-refractivity contribution is 5.74. The van der Waals surface area contributed by atoms with Gasteiger partial charge in [-0.15, -0.1) is 0 Å². The average Bonchev–Trinajstić information content (AvgIpc) is 2.54. The van der Waals surface area contributed by atoms with Crippen molar-refractivity contribution < 1.29 is 0 Å². The van der Waals surface area contributed by atoms with E-state index in [1.54, 1.807) is 12.4 Å². The maximum atomic E-state index is 6.23. The van der Waals surface area contributed by atoms with Gasteiger partial charge in [0.15, 0.2) is 0 Å². The highest BCUT2D eigenvalue weighted by Gasteiger charge is 2.26. The number of pyridine rings is 1. The Morgan fingerprint density at radius 2 is 2.06 bits per heavy atom. The molecule has 0 radical (unpaired) electrons. The van der Waals surface area contributed by atoms with Crippen LogP contribution in [-0.2, 0) is 7.05 Å². The first-order valence-corrected chi connectivity index (χ1v) is 5.43. The highest BCUT2D eigenvalue weighted by atomic mass is 15.1. The Hall–Kier alpha value is -1.42. The first-order valence-electron chi connectivity index (χ1n) is 5.43. The molecule has 0 aliphatic carbocycles. The zero-order chi connectivity index (χ0) is 11.9. The van der Waals surface area contributed by atoms with E-state index in [1.165, 1.54) is 0 Å². The Morgan fingerprint density at radius 1 is 1.38 bits per heavy atom. The van der Waals surface area contributed by atoms with Crippen LogP contribution < -0.4 is 5.73 Å². The number of imidazole rings is 1. The second-order valence-corrected chi connectivity index (χ2v) is 5.24. The van der Waals surface area contributed by atoms with Gasteiger partial charge < -0.3 is 10.3 Å². The molecule has 16 heavy (non-hydrogen) atoms. The van der Waals surface area contributed by atoms with Gasteiger partial charge in [-0.25, -0.2) is 4.98 Å². The van der Waals surface area contributed by atoms with Crippen molar-refractivity contribution in [2.75, 3.05) is 0 Å². The molecule has 2 heterocycles. The first-order chi connectivity index (χ1) is 7.41. The Kier molecular flexibility index (Phi) is 2.46. The molecule has 0 aliphatic rings. The van der Waals surface area contributed by atoms with Gasteiger partial charge in [-0.2, -0.15) is 0 Å². The number of nitrogens with two attached hydrogens (primary N) is 1. The molecule has 1 atom stereocenters. The van der Waals surface area contributed by atoms with E-state index in [-0.39, 0.29) is 11.5 Å². The molecule has 0 saturated heterocycles. The summed E-state index contributed by atoms with van der Waals surface area (Å²) in [5, 5.41) is 0. The van der Waals surface area contributed by atoms with Crippen molar-refractivity contribution in [3.63, 3.8) is 0 Å². The number of hydrogen-bond acceptors (Lipinski definition) is 3. The standard InChI is InChI=1S/C12H18N4/c1-12(2,3)10(13)11-15-8-7-14-6-5-9(8)16(11)4/h5-7,10H,13H2,1-4H3. The predicted octanol–water partition coefficient (Wildman–Crippen LogP) is 2.01. The van der Waals surface area contributed by atoms with E-state index < -0.39 is 0 Å². The number of aryl methyl sites for hydroxylation is 1. The molecule has 4 nitrogen and oxygen atoms in total. The summed E-state index contributed by atoms with van der Waals surface area (Å²) in [6.45, 7) is 6.36. The fourth-order valence-corrected chi connectivity index (χ4v) is 1.74. The van der Waals surface area contributed by atoms with Crippen LogP contribution in [0.1, 0.15) is 32.6 Å². The van der Waals surface area contributed by atoms with Crippen LogP contribution in [0, 0.1) is 5.41 Å². The molecule has 0 amide bonds. The van der Waals surface area contributed by atoms with Gasteiger partial charge in [-0.3, -0.25) is 4.98 Å². The van der Waals surface area contributed by atoms with Crippen molar-refractivity contribution in [3.8, 4) is 0 Å². The molecule has 0 aliphatic heterocycles. The maximum absolute atomic E-state index is 6.23. The number of aromatic nitrogens is 3. The lowest BCUT2D eigenvalue weighted by molar-refractivity contribution is 0.311. The summed E-state index contributed by atoms with van der Waals surface area (Å²) < 4.78 is 2.05. The minimum Gasteiger partial charge on any atom is -0.330 e. The molecule has 0 spiro atoms. The van der Waals surface area contributed by atoms with Gasteiger partial charge in [0, 0.05) is 13.2 Å². The molecule has 2 rings (SSSR count). The van der Waals surface area contributed by atoms with Crippen LogP contribution in [0.5, 0.6) is 0 Å². The summed E-state index contributed by atoms with van der Waals surface area (Å²) in [4.78, 5) is 8.63. The molecular formula is C12H18N4. The largest absolute Gasteiger partial charge is 0.330 e. The smallest absolute Gasteiger partial charge is 0.127 e. The van der Waals surface area contributed by atoms with E-state index in [0.717, 1.165) is 16.9 Å². The van der Waals surface area contributed by atoms with Gasteiger partial charge >= 0.3 is 0 Å². The lowest BCUT2D eigenvalue weighted by Gasteiger charge is -2.26. The second kappa shape index (κ2) is 3.56. The SMILES string of the molecule is Cn1c(C(N)C(C)(C)C)nc2cnccc21. The predicted molar refractivity (Wildman–Crippen MR) is 64.9 cm³/mol.